The third-order valence-corrected chi connectivity index (χ3v) is 7.57. The molecule has 0 spiro atoms. The topological polar surface area (TPSA) is 151 Å². The lowest BCUT2D eigenvalue weighted by molar-refractivity contribution is -0.385. The highest BCUT2D eigenvalue weighted by Crippen LogP contribution is 2.32. The maximum Gasteiger partial charge on any atom is 0.282 e. The first-order valence-electron chi connectivity index (χ1n) is 9.99. The van der Waals surface area contributed by atoms with Crippen LogP contribution in [-0.4, -0.2) is 82.4 Å². The van der Waals surface area contributed by atoms with Gasteiger partial charge in [-0.25, -0.2) is 8.42 Å². The highest BCUT2D eigenvalue weighted by molar-refractivity contribution is 7.89. The predicted molar refractivity (Wildman–Crippen MR) is 113 cm³/mol. The van der Waals surface area contributed by atoms with Crippen LogP contribution >= 0.6 is 0 Å². The number of benzene rings is 1. The molecule has 13 heteroatoms. The maximum atomic E-state index is 13.0. The third-order valence-electron chi connectivity index (χ3n) is 5.69. The molecule has 1 atom stereocenters. The van der Waals surface area contributed by atoms with Gasteiger partial charge in [-0.2, -0.15) is 4.31 Å². The SMILES string of the molecule is CC(C(=O)N1CCN(S(=O)(=O)c2cccnc2)CC1)N1C(=O)c2cccc([N+](=O)[O-])c2C1=O. The molecule has 0 bridgehead atoms. The van der Waals surface area contributed by atoms with Gasteiger partial charge in [0.1, 0.15) is 16.5 Å². The number of piperazine rings is 1. The first-order chi connectivity index (χ1) is 15.6. The lowest BCUT2D eigenvalue weighted by Crippen LogP contribution is -2.55. The van der Waals surface area contributed by atoms with Crippen molar-refractivity contribution in [3.05, 3.63) is 64.0 Å². The van der Waals surface area contributed by atoms with E-state index in [1.807, 2.05) is 0 Å². The zero-order chi connectivity index (χ0) is 23.9. The molecule has 1 fully saturated rings. The minimum absolute atomic E-state index is 0.0310. The Kier molecular flexibility index (Phi) is 5.68. The minimum Gasteiger partial charge on any atom is -0.338 e. The highest BCUT2D eigenvalue weighted by atomic mass is 32.2. The van der Waals surface area contributed by atoms with Crippen LogP contribution in [0.5, 0.6) is 0 Å². The molecule has 3 amide bonds. The average molecular weight is 473 g/mol. The van der Waals surface area contributed by atoms with Gasteiger partial charge >= 0.3 is 0 Å². The number of sulfonamides is 1. The fourth-order valence-electron chi connectivity index (χ4n) is 3.96. The van der Waals surface area contributed by atoms with E-state index in [9.17, 15) is 32.9 Å². The van der Waals surface area contributed by atoms with Crippen molar-refractivity contribution in [2.24, 2.45) is 0 Å². The van der Waals surface area contributed by atoms with Gasteiger partial charge in [-0.05, 0) is 25.1 Å². The number of hydrogen-bond acceptors (Lipinski definition) is 8. The lowest BCUT2D eigenvalue weighted by Gasteiger charge is -2.36. The van der Waals surface area contributed by atoms with Crippen LogP contribution in [0.25, 0.3) is 0 Å². The molecule has 12 nitrogen and oxygen atoms in total. The average Bonchev–Trinajstić information content (AvgIpc) is 3.08. The van der Waals surface area contributed by atoms with E-state index < -0.39 is 44.4 Å². The second-order valence-corrected chi connectivity index (χ2v) is 9.47. The number of carbonyl (C=O) groups is 3. The molecule has 4 rings (SSSR count). The first kappa shape index (κ1) is 22.5. The van der Waals surface area contributed by atoms with E-state index in [-0.39, 0.29) is 42.2 Å². The Morgan fingerprint density at radius 2 is 1.79 bits per heavy atom. The van der Waals surface area contributed by atoms with Crippen molar-refractivity contribution >= 4 is 33.4 Å². The molecular weight excluding hydrogens is 454 g/mol. The number of pyridine rings is 1. The number of hydrogen-bond donors (Lipinski definition) is 0. The summed E-state index contributed by atoms with van der Waals surface area (Å²) < 4.78 is 26.7. The molecule has 1 unspecified atom stereocenters. The quantitative estimate of drug-likeness (QED) is 0.346. The second kappa shape index (κ2) is 8.33. The van der Waals surface area contributed by atoms with E-state index in [0.717, 1.165) is 11.0 Å². The number of fused-ring (bicyclic) bond motifs is 1. The van der Waals surface area contributed by atoms with Crippen LogP contribution in [0.2, 0.25) is 0 Å². The highest BCUT2D eigenvalue weighted by Gasteiger charge is 2.46. The minimum atomic E-state index is -3.76. The fourth-order valence-corrected chi connectivity index (χ4v) is 5.35. The molecule has 0 aliphatic carbocycles. The fraction of sp³-hybridized carbons (Fsp3) is 0.300. The molecule has 2 aromatic rings. The van der Waals surface area contributed by atoms with Gasteiger partial charge in [-0.1, -0.05) is 6.07 Å². The summed E-state index contributed by atoms with van der Waals surface area (Å²) in [5.74, 6) is -2.23. The number of aromatic nitrogens is 1. The van der Waals surface area contributed by atoms with Crippen LogP contribution in [0.15, 0.2) is 47.6 Å². The van der Waals surface area contributed by atoms with Gasteiger partial charge in [0.05, 0.1) is 10.5 Å². The summed E-state index contributed by atoms with van der Waals surface area (Å²) in [6.07, 6.45) is 2.71. The monoisotopic (exact) mass is 473 g/mol. The van der Waals surface area contributed by atoms with Crippen LogP contribution in [0.1, 0.15) is 27.6 Å². The Bertz CT molecular complexity index is 1260. The van der Waals surface area contributed by atoms with Crippen LogP contribution in [0.3, 0.4) is 0 Å². The summed E-state index contributed by atoms with van der Waals surface area (Å²) >= 11 is 0. The van der Waals surface area contributed by atoms with Crippen LogP contribution < -0.4 is 0 Å². The van der Waals surface area contributed by atoms with Crippen LogP contribution in [0, 0.1) is 10.1 Å². The number of nitro benzene ring substituents is 1. The first-order valence-corrected chi connectivity index (χ1v) is 11.4. The Hall–Kier alpha value is -3.71. The molecule has 0 radical (unpaired) electrons. The molecule has 33 heavy (non-hydrogen) atoms. The van der Waals surface area contributed by atoms with Crippen molar-refractivity contribution < 1.29 is 27.7 Å². The van der Waals surface area contributed by atoms with Gasteiger partial charge < -0.3 is 4.90 Å². The van der Waals surface area contributed by atoms with Crippen molar-refractivity contribution in [2.75, 3.05) is 26.2 Å². The van der Waals surface area contributed by atoms with Crippen molar-refractivity contribution in [3.63, 3.8) is 0 Å². The Balaban J connectivity index is 1.48. The van der Waals surface area contributed by atoms with Gasteiger partial charge in [0.2, 0.25) is 15.9 Å². The van der Waals surface area contributed by atoms with E-state index in [1.54, 1.807) is 0 Å². The molecule has 3 heterocycles. The molecule has 2 aliphatic heterocycles. The van der Waals surface area contributed by atoms with Crippen LogP contribution in [0.4, 0.5) is 5.69 Å². The normalized spacial score (nSPS) is 17.7. The summed E-state index contributed by atoms with van der Waals surface area (Å²) in [6, 6.07) is 5.48. The molecule has 1 saturated heterocycles. The molecule has 0 N–H and O–H groups in total. The number of nitrogens with zero attached hydrogens (tertiary/aromatic N) is 5. The smallest absolute Gasteiger partial charge is 0.282 e. The number of nitro groups is 1. The summed E-state index contributed by atoms with van der Waals surface area (Å²) in [6.45, 7) is 1.55. The molecule has 1 aromatic carbocycles. The van der Waals surface area contributed by atoms with Gasteiger partial charge in [0, 0.05) is 44.6 Å². The van der Waals surface area contributed by atoms with Gasteiger partial charge in [0.25, 0.3) is 17.5 Å². The number of imide groups is 1. The van der Waals surface area contributed by atoms with Gasteiger partial charge in [-0.3, -0.25) is 34.4 Å². The zero-order valence-corrected chi connectivity index (χ0v) is 18.3. The van der Waals surface area contributed by atoms with E-state index in [2.05, 4.69) is 4.98 Å². The summed E-state index contributed by atoms with van der Waals surface area (Å²) in [5.41, 5.74) is -0.956. The number of carbonyl (C=O) groups excluding carboxylic acids is 3. The summed E-state index contributed by atoms with van der Waals surface area (Å²) in [4.78, 5) is 55.1. The molecule has 2 aliphatic rings. The van der Waals surface area contributed by atoms with Crippen molar-refractivity contribution in [1.82, 2.24) is 19.1 Å². The van der Waals surface area contributed by atoms with E-state index in [0.29, 0.717) is 0 Å². The Morgan fingerprint density at radius 3 is 2.39 bits per heavy atom. The van der Waals surface area contributed by atoms with E-state index >= 15 is 0 Å². The van der Waals surface area contributed by atoms with Crippen molar-refractivity contribution in [1.29, 1.82) is 0 Å². The van der Waals surface area contributed by atoms with Crippen molar-refractivity contribution in [2.45, 2.75) is 17.9 Å². The molecule has 0 saturated carbocycles. The molecule has 172 valence electrons. The summed E-state index contributed by atoms with van der Waals surface area (Å²) in [7, 11) is -3.76. The van der Waals surface area contributed by atoms with Gasteiger partial charge in [0.15, 0.2) is 0 Å². The summed E-state index contributed by atoms with van der Waals surface area (Å²) in [5, 5.41) is 11.3. The Morgan fingerprint density at radius 1 is 1.09 bits per heavy atom. The van der Waals surface area contributed by atoms with E-state index in [1.165, 1.54) is 52.8 Å². The lowest BCUT2D eigenvalue weighted by atomic mass is 10.1. The standard InChI is InChI=1S/C20H19N5O7S/c1-13(24-19(27)15-5-2-6-16(25(29)30)17(15)20(24)28)18(26)22-8-10-23(11-9-22)33(31,32)14-4-3-7-21-12-14/h2-7,12-13H,8-11H2,1H3. The maximum absolute atomic E-state index is 13.0. The molecule has 1 aromatic heterocycles. The largest absolute Gasteiger partial charge is 0.338 e. The van der Waals surface area contributed by atoms with Crippen LogP contribution in [-0.2, 0) is 14.8 Å². The van der Waals surface area contributed by atoms with Gasteiger partial charge in [-0.15, -0.1) is 0 Å². The number of amides is 3. The molecular formula is C20H19N5O7S. The Labute approximate surface area is 188 Å². The predicted octanol–water partition coefficient (Wildman–Crippen LogP) is 0.507. The van der Waals surface area contributed by atoms with E-state index in [4.69, 9.17) is 0 Å². The number of rotatable bonds is 5. The van der Waals surface area contributed by atoms with Crippen molar-refractivity contribution in [3.8, 4) is 0 Å². The second-order valence-electron chi connectivity index (χ2n) is 7.53. The third kappa shape index (κ3) is 3.74. The zero-order valence-electron chi connectivity index (χ0n) is 17.4.